The molecule has 3 rings (SSSR count). The zero-order valence-corrected chi connectivity index (χ0v) is 19.0. The Morgan fingerprint density at radius 2 is 1.85 bits per heavy atom. The van der Waals surface area contributed by atoms with Crippen LogP contribution in [0.5, 0.6) is 5.75 Å². The Labute approximate surface area is 192 Å². The lowest BCUT2D eigenvalue weighted by molar-refractivity contribution is -0.145. The van der Waals surface area contributed by atoms with Crippen molar-refractivity contribution < 1.29 is 27.8 Å². The molecule has 0 fully saturated rings. The molecule has 2 aromatic heterocycles. The number of ether oxygens (including phenoxy) is 1. The average Bonchev–Trinajstić information content (AvgIpc) is 3.19. The van der Waals surface area contributed by atoms with Gasteiger partial charge < -0.3 is 15.2 Å². The molecule has 1 amide bonds. The summed E-state index contributed by atoms with van der Waals surface area (Å²) in [7, 11) is 0. The van der Waals surface area contributed by atoms with Crippen LogP contribution in [0.1, 0.15) is 52.9 Å². The molecule has 176 valence electrons. The normalized spacial score (nSPS) is 13.4. The van der Waals surface area contributed by atoms with Gasteiger partial charge in [-0.2, -0.15) is 13.2 Å². The highest BCUT2D eigenvalue weighted by Crippen LogP contribution is 2.30. The summed E-state index contributed by atoms with van der Waals surface area (Å²) in [6.45, 7) is 5.32. The SMILES string of the molecule is Cc1cnc(-c2cc(OC(C)CCO)cc(C(=O)N[C@H](C)c3cnc(C(F)(F)F)nc3)c2)s1. The first-order valence-corrected chi connectivity index (χ1v) is 10.9. The number of alkyl halides is 3. The number of aliphatic hydroxyl groups excluding tert-OH is 1. The predicted octanol–water partition coefficient (Wildman–Crippen LogP) is 4.57. The Morgan fingerprint density at radius 3 is 2.42 bits per heavy atom. The number of carbonyl (C=O) groups is 1. The number of thiazole rings is 1. The highest BCUT2D eigenvalue weighted by molar-refractivity contribution is 7.14. The predicted molar refractivity (Wildman–Crippen MR) is 117 cm³/mol. The molecular weight excluding hydrogens is 457 g/mol. The van der Waals surface area contributed by atoms with Crippen LogP contribution in [0.2, 0.25) is 0 Å². The van der Waals surface area contributed by atoms with E-state index in [-0.39, 0.29) is 12.7 Å². The summed E-state index contributed by atoms with van der Waals surface area (Å²) < 4.78 is 43.9. The van der Waals surface area contributed by atoms with Crippen LogP contribution in [0, 0.1) is 6.92 Å². The van der Waals surface area contributed by atoms with Crippen LogP contribution in [0.15, 0.2) is 36.8 Å². The third-order valence-corrected chi connectivity index (χ3v) is 5.64. The number of aliphatic hydroxyl groups is 1. The molecule has 0 spiro atoms. The first-order chi connectivity index (χ1) is 15.6. The van der Waals surface area contributed by atoms with Gasteiger partial charge in [0.2, 0.25) is 5.82 Å². The highest BCUT2D eigenvalue weighted by Gasteiger charge is 2.34. The fourth-order valence-corrected chi connectivity index (χ4v) is 3.71. The smallest absolute Gasteiger partial charge is 0.451 e. The van der Waals surface area contributed by atoms with Crippen molar-refractivity contribution in [3.8, 4) is 16.3 Å². The summed E-state index contributed by atoms with van der Waals surface area (Å²) in [6.07, 6.45) is -0.672. The Kier molecular flexibility index (Phi) is 7.65. The van der Waals surface area contributed by atoms with Gasteiger partial charge in [-0.15, -0.1) is 11.3 Å². The molecule has 2 heterocycles. The third-order valence-electron chi connectivity index (χ3n) is 4.68. The second-order valence-corrected chi connectivity index (χ2v) is 8.73. The largest absolute Gasteiger partial charge is 0.491 e. The number of halogens is 3. The minimum absolute atomic E-state index is 0.0351. The second kappa shape index (κ2) is 10.3. The highest BCUT2D eigenvalue weighted by atomic mass is 32.1. The standard InChI is InChI=1S/C22H23F3N4O3S/c1-12(4-5-30)32-18-7-15(6-16(8-18)20-26-9-13(2)33-20)19(31)29-14(3)17-10-27-21(28-11-17)22(23,24)25/h6-12,14,30H,4-5H2,1-3H3,(H,29,31)/t12?,14-/m1/s1. The molecule has 0 aliphatic carbocycles. The minimum atomic E-state index is -4.64. The number of amides is 1. The first-order valence-electron chi connectivity index (χ1n) is 10.1. The molecule has 3 aromatic rings. The van der Waals surface area contributed by atoms with Crippen LogP contribution in [-0.4, -0.2) is 38.7 Å². The lowest BCUT2D eigenvalue weighted by Gasteiger charge is -2.17. The Morgan fingerprint density at radius 1 is 1.15 bits per heavy atom. The van der Waals surface area contributed by atoms with Crippen molar-refractivity contribution >= 4 is 17.2 Å². The van der Waals surface area contributed by atoms with Gasteiger partial charge in [-0.1, -0.05) is 0 Å². The van der Waals surface area contributed by atoms with Gasteiger partial charge in [0, 0.05) is 53.2 Å². The van der Waals surface area contributed by atoms with E-state index in [2.05, 4.69) is 20.3 Å². The monoisotopic (exact) mass is 480 g/mol. The second-order valence-electron chi connectivity index (χ2n) is 7.50. The van der Waals surface area contributed by atoms with Crippen molar-refractivity contribution in [2.24, 2.45) is 0 Å². The maximum atomic E-state index is 13.0. The van der Waals surface area contributed by atoms with E-state index in [1.54, 1.807) is 31.3 Å². The molecule has 33 heavy (non-hydrogen) atoms. The van der Waals surface area contributed by atoms with Gasteiger partial charge in [0.15, 0.2) is 0 Å². The van der Waals surface area contributed by atoms with Crippen LogP contribution < -0.4 is 10.1 Å². The van der Waals surface area contributed by atoms with E-state index >= 15 is 0 Å². The van der Waals surface area contributed by atoms with E-state index in [0.717, 1.165) is 17.3 Å². The van der Waals surface area contributed by atoms with Gasteiger partial charge in [0.05, 0.1) is 12.1 Å². The molecule has 2 N–H and O–H groups in total. The zero-order chi connectivity index (χ0) is 24.2. The van der Waals surface area contributed by atoms with Gasteiger partial charge in [0.1, 0.15) is 10.8 Å². The number of hydrogen-bond acceptors (Lipinski definition) is 7. The van der Waals surface area contributed by atoms with E-state index in [9.17, 15) is 18.0 Å². The molecule has 0 radical (unpaired) electrons. The van der Waals surface area contributed by atoms with Crippen LogP contribution in [0.25, 0.3) is 10.6 Å². The van der Waals surface area contributed by atoms with E-state index in [1.165, 1.54) is 11.3 Å². The molecule has 0 aliphatic rings. The number of aryl methyl sites for hydroxylation is 1. The van der Waals surface area contributed by atoms with Crippen molar-refractivity contribution in [3.63, 3.8) is 0 Å². The van der Waals surface area contributed by atoms with Crippen molar-refractivity contribution in [1.29, 1.82) is 0 Å². The summed E-state index contributed by atoms with van der Waals surface area (Å²) in [4.78, 5) is 25.0. The lowest BCUT2D eigenvalue weighted by atomic mass is 10.1. The average molecular weight is 481 g/mol. The van der Waals surface area contributed by atoms with Crippen molar-refractivity contribution in [2.75, 3.05) is 6.61 Å². The third kappa shape index (κ3) is 6.48. The lowest BCUT2D eigenvalue weighted by Crippen LogP contribution is -2.27. The minimum Gasteiger partial charge on any atom is -0.491 e. The molecule has 0 bridgehead atoms. The van der Waals surface area contributed by atoms with Gasteiger partial charge in [-0.25, -0.2) is 15.0 Å². The number of aromatic nitrogens is 3. The number of nitrogens with one attached hydrogen (secondary N) is 1. The molecule has 1 unspecified atom stereocenters. The Hall–Kier alpha value is -3.05. The molecule has 1 aromatic carbocycles. The van der Waals surface area contributed by atoms with Crippen LogP contribution in [-0.2, 0) is 6.18 Å². The molecule has 7 nitrogen and oxygen atoms in total. The fourth-order valence-electron chi connectivity index (χ4n) is 2.95. The first kappa shape index (κ1) is 24.6. The van der Waals surface area contributed by atoms with Gasteiger partial charge in [0.25, 0.3) is 5.91 Å². The number of nitrogens with zero attached hydrogens (tertiary/aromatic N) is 3. The van der Waals surface area contributed by atoms with E-state index in [0.29, 0.717) is 33.9 Å². The molecule has 0 saturated carbocycles. The number of rotatable bonds is 8. The molecular formula is C22H23F3N4O3S. The van der Waals surface area contributed by atoms with Crippen LogP contribution in [0.3, 0.4) is 0 Å². The maximum absolute atomic E-state index is 13.0. The van der Waals surface area contributed by atoms with E-state index in [4.69, 9.17) is 9.84 Å². The van der Waals surface area contributed by atoms with Gasteiger partial charge in [-0.05, 0) is 39.0 Å². The van der Waals surface area contributed by atoms with Crippen LogP contribution in [0.4, 0.5) is 13.2 Å². The summed E-state index contributed by atoms with van der Waals surface area (Å²) >= 11 is 1.47. The van der Waals surface area contributed by atoms with Crippen LogP contribution >= 0.6 is 11.3 Å². The maximum Gasteiger partial charge on any atom is 0.451 e. The molecule has 2 atom stereocenters. The van der Waals surface area contributed by atoms with Crippen molar-refractivity contribution in [3.05, 3.63) is 58.6 Å². The summed E-state index contributed by atoms with van der Waals surface area (Å²) in [5, 5.41) is 12.6. The quantitative estimate of drug-likeness (QED) is 0.490. The zero-order valence-electron chi connectivity index (χ0n) is 18.2. The Balaban J connectivity index is 1.84. The van der Waals surface area contributed by atoms with Gasteiger partial charge >= 0.3 is 6.18 Å². The van der Waals surface area contributed by atoms with E-state index < -0.39 is 23.9 Å². The number of benzene rings is 1. The molecule has 11 heteroatoms. The summed E-state index contributed by atoms with van der Waals surface area (Å²) in [6, 6.07) is 4.38. The molecule has 0 saturated heterocycles. The van der Waals surface area contributed by atoms with E-state index in [1.807, 2.05) is 13.8 Å². The Bertz CT molecular complexity index is 1100. The topological polar surface area (TPSA) is 97.2 Å². The number of hydrogen-bond donors (Lipinski definition) is 2. The summed E-state index contributed by atoms with van der Waals surface area (Å²) in [5.41, 5.74) is 1.32. The van der Waals surface area contributed by atoms with Crippen molar-refractivity contribution in [2.45, 2.75) is 45.5 Å². The molecule has 0 aliphatic heterocycles. The van der Waals surface area contributed by atoms with Gasteiger partial charge in [-0.3, -0.25) is 4.79 Å². The number of carbonyl (C=O) groups excluding carboxylic acids is 1. The van der Waals surface area contributed by atoms with Crippen molar-refractivity contribution in [1.82, 2.24) is 20.3 Å². The fraction of sp³-hybridized carbons (Fsp3) is 0.364. The summed E-state index contributed by atoms with van der Waals surface area (Å²) in [5.74, 6) is -1.25.